The van der Waals surface area contributed by atoms with Gasteiger partial charge in [-0.15, -0.1) is 0 Å². The molecule has 28 heavy (non-hydrogen) atoms. The van der Waals surface area contributed by atoms with Gasteiger partial charge in [-0.25, -0.2) is 8.78 Å². The van der Waals surface area contributed by atoms with Gasteiger partial charge in [0.25, 0.3) is 0 Å². The molecule has 4 heteroatoms. The molecule has 0 fully saturated rings. The number of benzene rings is 3. The number of pyridine rings is 1. The Hall–Kier alpha value is -3.27. The zero-order valence-electron chi connectivity index (χ0n) is 15.8. The van der Waals surface area contributed by atoms with E-state index in [2.05, 4.69) is 6.07 Å². The Morgan fingerprint density at radius 1 is 0.857 bits per heavy atom. The second-order valence-electron chi connectivity index (χ2n) is 7.27. The summed E-state index contributed by atoms with van der Waals surface area (Å²) in [5.74, 6) is -0.622. The van der Waals surface area contributed by atoms with Gasteiger partial charge in [-0.2, -0.15) is 4.57 Å². The fourth-order valence-corrected chi connectivity index (χ4v) is 4.05. The molecule has 0 aliphatic heterocycles. The molecule has 3 aromatic carbocycles. The Morgan fingerprint density at radius 3 is 2.46 bits per heavy atom. The van der Waals surface area contributed by atoms with Crippen LogP contribution in [0, 0.1) is 25.5 Å². The quantitative estimate of drug-likeness (QED) is 0.323. The van der Waals surface area contributed by atoms with Crippen LogP contribution in [0.1, 0.15) is 11.1 Å². The molecule has 5 aromatic rings. The van der Waals surface area contributed by atoms with Crippen molar-refractivity contribution in [2.45, 2.75) is 13.8 Å². The van der Waals surface area contributed by atoms with E-state index in [0.717, 1.165) is 38.7 Å². The van der Waals surface area contributed by atoms with Gasteiger partial charge >= 0.3 is 0 Å². The van der Waals surface area contributed by atoms with Crippen LogP contribution in [0.15, 0.2) is 59.0 Å². The second kappa shape index (κ2) is 5.86. The van der Waals surface area contributed by atoms with Crippen molar-refractivity contribution in [3.05, 3.63) is 77.4 Å². The fourth-order valence-electron chi connectivity index (χ4n) is 4.05. The van der Waals surface area contributed by atoms with Gasteiger partial charge in [0.2, 0.25) is 11.2 Å². The monoisotopic (exact) mass is 374 g/mol. The predicted octanol–water partition coefficient (Wildman–Crippen LogP) is 6.13. The number of furan rings is 1. The number of halogens is 2. The molecule has 2 heterocycles. The summed E-state index contributed by atoms with van der Waals surface area (Å²) in [7, 11) is 1.92. The summed E-state index contributed by atoms with van der Waals surface area (Å²) in [6.07, 6.45) is 0. The largest absolute Gasteiger partial charge is 0.455 e. The molecule has 0 unspecified atom stereocenters. The maximum Gasteiger partial charge on any atom is 0.219 e. The molecule has 0 radical (unpaired) electrons. The van der Waals surface area contributed by atoms with Crippen molar-refractivity contribution in [2.75, 3.05) is 0 Å². The lowest BCUT2D eigenvalue weighted by Gasteiger charge is -2.10. The minimum atomic E-state index is -0.344. The molecule has 5 rings (SSSR count). The summed E-state index contributed by atoms with van der Waals surface area (Å²) in [4.78, 5) is 0. The fraction of sp³-hybridized carbons (Fsp3) is 0.125. The first kappa shape index (κ1) is 16.9. The molecule has 2 aromatic heterocycles. The van der Waals surface area contributed by atoms with Crippen LogP contribution in [0.4, 0.5) is 8.78 Å². The summed E-state index contributed by atoms with van der Waals surface area (Å²) in [6, 6.07) is 15.6. The molecular formula is C24H18F2NO+. The molecule has 0 bridgehead atoms. The molecule has 0 saturated carbocycles. The van der Waals surface area contributed by atoms with Gasteiger partial charge in [-0.3, -0.25) is 0 Å². The van der Waals surface area contributed by atoms with Crippen molar-refractivity contribution in [3.8, 4) is 11.3 Å². The lowest BCUT2D eigenvalue weighted by Crippen LogP contribution is -2.32. The van der Waals surface area contributed by atoms with Crippen LogP contribution in [-0.4, -0.2) is 0 Å². The van der Waals surface area contributed by atoms with Gasteiger partial charge in [0, 0.05) is 29.0 Å². The summed E-state index contributed by atoms with van der Waals surface area (Å²) in [5, 5.41) is 2.33. The van der Waals surface area contributed by atoms with Crippen LogP contribution in [0.2, 0.25) is 0 Å². The number of fused-ring (bicyclic) bond motifs is 4. The number of rotatable bonds is 1. The molecule has 0 atom stereocenters. The molecule has 0 spiro atoms. The van der Waals surface area contributed by atoms with Gasteiger partial charge in [0.05, 0.1) is 10.9 Å². The van der Waals surface area contributed by atoms with Crippen molar-refractivity contribution >= 4 is 32.8 Å². The third-order valence-corrected chi connectivity index (χ3v) is 5.65. The number of para-hydroxylation sites is 1. The van der Waals surface area contributed by atoms with E-state index in [0.29, 0.717) is 16.6 Å². The Morgan fingerprint density at radius 2 is 1.64 bits per heavy atom. The predicted molar refractivity (Wildman–Crippen MR) is 107 cm³/mol. The summed E-state index contributed by atoms with van der Waals surface area (Å²) in [6.45, 7) is 4.03. The standard InChI is InChI=1S/C24H18F2NO/c1-13-10-18-16-9-8-15(25)11-22(16)28-24(18)23(14(13)2)21-12-19(26)17-6-4-5-7-20(17)27(21)3/h4-12H,1-3H3/q+1. The molecule has 0 amide bonds. The zero-order valence-corrected chi connectivity index (χ0v) is 15.8. The molecule has 0 aliphatic rings. The lowest BCUT2D eigenvalue weighted by molar-refractivity contribution is -0.633. The average molecular weight is 374 g/mol. The molecule has 0 N–H and O–H groups in total. The molecule has 2 nitrogen and oxygen atoms in total. The lowest BCUT2D eigenvalue weighted by atomic mass is 9.96. The van der Waals surface area contributed by atoms with E-state index in [1.165, 1.54) is 12.1 Å². The van der Waals surface area contributed by atoms with Crippen molar-refractivity contribution in [1.29, 1.82) is 0 Å². The number of nitrogens with zero attached hydrogens (tertiary/aromatic N) is 1. The van der Waals surface area contributed by atoms with E-state index in [9.17, 15) is 8.78 Å². The van der Waals surface area contributed by atoms with Gasteiger partial charge < -0.3 is 4.42 Å². The van der Waals surface area contributed by atoms with Crippen LogP contribution < -0.4 is 4.57 Å². The SMILES string of the molecule is Cc1cc2c(oc3cc(F)ccc32)c(-c2cc(F)c3ccccc3[n+]2C)c1C. The third kappa shape index (κ3) is 2.27. The summed E-state index contributed by atoms with van der Waals surface area (Å²) < 4.78 is 36.7. The second-order valence-corrected chi connectivity index (χ2v) is 7.27. The van der Waals surface area contributed by atoms with Crippen molar-refractivity contribution < 1.29 is 17.8 Å². The van der Waals surface area contributed by atoms with Crippen molar-refractivity contribution in [2.24, 2.45) is 7.05 Å². The van der Waals surface area contributed by atoms with E-state index >= 15 is 0 Å². The molecule has 0 saturated heterocycles. The van der Waals surface area contributed by atoms with E-state index in [1.54, 1.807) is 18.2 Å². The Bertz CT molecular complexity index is 1420. The first-order chi connectivity index (χ1) is 13.5. The minimum Gasteiger partial charge on any atom is -0.455 e. The van der Waals surface area contributed by atoms with E-state index in [4.69, 9.17) is 4.42 Å². The Labute approximate surface area is 160 Å². The average Bonchev–Trinajstić information content (AvgIpc) is 3.03. The highest BCUT2D eigenvalue weighted by molar-refractivity contribution is 6.10. The first-order valence-corrected chi connectivity index (χ1v) is 9.15. The Kier molecular flexibility index (Phi) is 3.53. The van der Waals surface area contributed by atoms with Gasteiger partial charge in [-0.05, 0) is 49.2 Å². The minimum absolute atomic E-state index is 0.278. The maximum absolute atomic E-state index is 14.9. The first-order valence-electron chi connectivity index (χ1n) is 9.15. The number of aryl methyl sites for hydroxylation is 2. The Balaban J connectivity index is 1.96. The maximum atomic E-state index is 14.9. The number of aromatic nitrogens is 1. The van der Waals surface area contributed by atoms with Crippen LogP contribution in [0.25, 0.3) is 44.1 Å². The van der Waals surface area contributed by atoms with Crippen LogP contribution in [-0.2, 0) is 7.05 Å². The normalized spacial score (nSPS) is 11.8. The van der Waals surface area contributed by atoms with Crippen LogP contribution in [0.5, 0.6) is 0 Å². The van der Waals surface area contributed by atoms with E-state index in [-0.39, 0.29) is 11.6 Å². The molecule has 138 valence electrons. The highest BCUT2D eigenvalue weighted by atomic mass is 19.1. The van der Waals surface area contributed by atoms with Crippen molar-refractivity contribution in [3.63, 3.8) is 0 Å². The highest BCUT2D eigenvalue weighted by Gasteiger charge is 2.25. The molecular weight excluding hydrogens is 356 g/mol. The van der Waals surface area contributed by atoms with E-state index in [1.807, 2.05) is 43.7 Å². The zero-order chi connectivity index (χ0) is 19.6. The highest BCUT2D eigenvalue weighted by Crippen LogP contribution is 2.39. The number of hydrogen-bond acceptors (Lipinski definition) is 1. The van der Waals surface area contributed by atoms with Crippen molar-refractivity contribution in [1.82, 2.24) is 0 Å². The van der Waals surface area contributed by atoms with E-state index < -0.39 is 0 Å². The van der Waals surface area contributed by atoms with Crippen LogP contribution >= 0.6 is 0 Å². The number of hydrogen-bond donors (Lipinski definition) is 0. The summed E-state index contributed by atoms with van der Waals surface area (Å²) >= 11 is 0. The van der Waals surface area contributed by atoms with Crippen LogP contribution in [0.3, 0.4) is 0 Å². The van der Waals surface area contributed by atoms with Gasteiger partial charge in [-0.1, -0.05) is 12.1 Å². The van der Waals surface area contributed by atoms with Gasteiger partial charge in [0.15, 0.2) is 0 Å². The topological polar surface area (TPSA) is 17.0 Å². The van der Waals surface area contributed by atoms with Gasteiger partial charge in [0.1, 0.15) is 29.8 Å². The third-order valence-electron chi connectivity index (χ3n) is 5.65. The molecule has 0 aliphatic carbocycles. The smallest absolute Gasteiger partial charge is 0.219 e. The summed E-state index contributed by atoms with van der Waals surface area (Å²) in [5.41, 5.74) is 5.58.